The Morgan fingerprint density at radius 3 is 2.62 bits per heavy atom. The fourth-order valence-corrected chi connectivity index (χ4v) is 5.26. The average Bonchev–Trinajstić information content (AvgIpc) is 3.50. The van der Waals surface area contributed by atoms with Gasteiger partial charge in [0.2, 0.25) is 16.8 Å². The number of carbonyl (C=O) groups is 2. The molecule has 0 aliphatic carbocycles. The number of aryl methyl sites for hydroxylation is 1. The zero-order valence-electron chi connectivity index (χ0n) is 18.7. The Balaban J connectivity index is 1.32. The third-order valence-corrected chi connectivity index (χ3v) is 7.33. The molecule has 0 aromatic heterocycles. The summed E-state index contributed by atoms with van der Waals surface area (Å²) in [6.45, 7) is 2.13. The van der Waals surface area contributed by atoms with Crippen molar-refractivity contribution in [3.8, 4) is 17.2 Å². The van der Waals surface area contributed by atoms with Crippen molar-refractivity contribution in [3.05, 3.63) is 47.5 Å². The van der Waals surface area contributed by atoms with Gasteiger partial charge in [0, 0.05) is 13.1 Å². The zero-order valence-corrected chi connectivity index (χ0v) is 19.5. The maximum absolute atomic E-state index is 13.1. The highest BCUT2D eigenvalue weighted by Crippen LogP contribution is 2.32. The van der Waals surface area contributed by atoms with E-state index in [9.17, 15) is 18.0 Å². The van der Waals surface area contributed by atoms with Gasteiger partial charge in [0.1, 0.15) is 12.0 Å². The highest BCUT2D eigenvalue weighted by Gasteiger charge is 2.37. The van der Waals surface area contributed by atoms with Crippen molar-refractivity contribution in [1.82, 2.24) is 14.9 Å². The van der Waals surface area contributed by atoms with Gasteiger partial charge in [0.05, 0.1) is 25.2 Å². The molecule has 2 aliphatic rings. The van der Waals surface area contributed by atoms with Crippen LogP contribution >= 0.6 is 0 Å². The summed E-state index contributed by atoms with van der Waals surface area (Å²) in [4.78, 5) is 24.5. The maximum Gasteiger partial charge on any atom is 0.309 e. The number of fused-ring (bicyclic) bond motifs is 1. The molecular weight excluding hydrogens is 466 g/mol. The highest BCUT2D eigenvalue weighted by atomic mass is 32.2. The second-order valence-electron chi connectivity index (χ2n) is 7.65. The largest absolute Gasteiger partial charge is 0.496 e. The zero-order chi connectivity index (χ0) is 24.3. The minimum atomic E-state index is -3.88. The molecule has 2 amide bonds. The molecule has 12 heteroatoms. The molecule has 2 aromatic carbocycles. The van der Waals surface area contributed by atoms with E-state index in [-0.39, 0.29) is 37.9 Å². The standard InChI is InChI=1S/C22H25N3O8S/c1-14-9-16(4-6-17(14)30-2)34(28,29)25-7-8-31-20(25)12-24-22(27)21(26)23-11-15-3-5-18-19(10-15)33-13-32-18/h3-6,9-10,20H,7-8,11-13H2,1-2H3,(H,23,26)(H,24,27)/t20-/m1/s1. The van der Waals surface area contributed by atoms with Crippen LogP contribution in [0.15, 0.2) is 41.3 Å². The predicted octanol–water partition coefficient (Wildman–Crippen LogP) is 0.512. The van der Waals surface area contributed by atoms with E-state index in [1.165, 1.54) is 23.5 Å². The van der Waals surface area contributed by atoms with Crippen LogP contribution < -0.4 is 24.8 Å². The molecule has 2 aromatic rings. The molecule has 0 radical (unpaired) electrons. The maximum atomic E-state index is 13.1. The number of nitrogens with zero attached hydrogens (tertiary/aromatic N) is 1. The summed E-state index contributed by atoms with van der Waals surface area (Å²) in [6.07, 6.45) is -0.932. The lowest BCUT2D eigenvalue weighted by Gasteiger charge is -2.23. The van der Waals surface area contributed by atoms with Gasteiger partial charge in [-0.2, -0.15) is 4.31 Å². The van der Waals surface area contributed by atoms with E-state index in [1.54, 1.807) is 31.2 Å². The first-order chi connectivity index (χ1) is 16.3. The lowest BCUT2D eigenvalue weighted by molar-refractivity contribution is -0.139. The summed E-state index contributed by atoms with van der Waals surface area (Å²) in [5, 5.41) is 4.96. The van der Waals surface area contributed by atoms with Crippen LogP contribution in [0.2, 0.25) is 0 Å². The van der Waals surface area contributed by atoms with Crippen molar-refractivity contribution in [2.45, 2.75) is 24.6 Å². The minimum absolute atomic E-state index is 0.0918. The topological polar surface area (TPSA) is 132 Å². The lowest BCUT2D eigenvalue weighted by Crippen LogP contribution is -2.47. The van der Waals surface area contributed by atoms with Gasteiger partial charge in [0.15, 0.2) is 11.5 Å². The van der Waals surface area contributed by atoms with Gasteiger partial charge < -0.3 is 29.6 Å². The summed E-state index contributed by atoms with van der Waals surface area (Å²) in [5.74, 6) is 0.0218. The Morgan fingerprint density at radius 1 is 1.09 bits per heavy atom. The number of ether oxygens (including phenoxy) is 4. The molecule has 1 saturated heterocycles. The van der Waals surface area contributed by atoms with Crippen molar-refractivity contribution < 1.29 is 37.0 Å². The van der Waals surface area contributed by atoms with E-state index >= 15 is 0 Å². The molecule has 182 valence electrons. The van der Waals surface area contributed by atoms with Gasteiger partial charge in [-0.1, -0.05) is 6.07 Å². The van der Waals surface area contributed by atoms with Gasteiger partial charge in [-0.05, 0) is 48.4 Å². The van der Waals surface area contributed by atoms with Crippen molar-refractivity contribution in [2.24, 2.45) is 0 Å². The third-order valence-electron chi connectivity index (χ3n) is 5.45. The number of hydrogen-bond acceptors (Lipinski definition) is 8. The number of sulfonamides is 1. The van der Waals surface area contributed by atoms with Crippen LogP contribution in [0.1, 0.15) is 11.1 Å². The van der Waals surface area contributed by atoms with Crippen LogP contribution in [0.5, 0.6) is 17.2 Å². The number of rotatable bonds is 7. The quantitative estimate of drug-likeness (QED) is 0.536. The molecule has 0 bridgehead atoms. The first-order valence-electron chi connectivity index (χ1n) is 10.5. The van der Waals surface area contributed by atoms with Crippen molar-refractivity contribution >= 4 is 21.8 Å². The molecule has 0 spiro atoms. The van der Waals surface area contributed by atoms with Crippen LogP contribution in [-0.2, 0) is 30.9 Å². The number of amides is 2. The Labute approximate surface area is 197 Å². The van der Waals surface area contributed by atoms with Gasteiger partial charge >= 0.3 is 11.8 Å². The van der Waals surface area contributed by atoms with Crippen LogP contribution in [0.3, 0.4) is 0 Å². The molecule has 0 saturated carbocycles. The SMILES string of the molecule is COc1ccc(S(=O)(=O)N2CCO[C@@H]2CNC(=O)C(=O)NCc2ccc3c(c2)OCO3)cc1C. The normalized spacial score (nSPS) is 17.4. The van der Waals surface area contributed by atoms with E-state index < -0.39 is 28.1 Å². The number of carbonyl (C=O) groups excluding carboxylic acids is 2. The van der Waals surface area contributed by atoms with Crippen LogP contribution in [0.4, 0.5) is 0 Å². The molecule has 4 rings (SSSR count). The number of hydrogen-bond donors (Lipinski definition) is 2. The number of nitrogens with one attached hydrogen (secondary N) is 2. The second-order valence-corrected chi connectivity index (χ2v) is 9.54. The molecule has 0 unspecified atom stereocenters. The molecule has 34 heavy (non-hydrogen) atoms. The molecule has 11 nitrogen and oxygen atoms in total. The number of benzene rings is 2. The fourth-order valence-electron chi connectivity index (χ4n) is 3.66. The predicted molar refractivity (Wildman–Crippen MR) is 119 cm³/mol. The first-order valence-corrected chi connectivity index (χ1v) is 12.0. The smallest absolute Gasteiger partial charge is 0.309 e. The molecule has 2 N–H and O–H groups in total. The first kappa shape index (κ1) is 23.8. The van der Waals surface area contributed by atoms with Crippen molar-refractivity contribution in [2.75, 3.05) is 33.6 Å². The average molecular weight is 492 g/mol. The molecule has 2 aliphatic heterocycles. The lowest BCUT2D eigenvalue weighted by atomic mass is 10.2. The Bertz CT molecular complexity index is 1200. The van der Waals surface area contributed by atoms with Gasteiger partial charge in [-0.15, -0.1) is 0 Å². The van der Waals surface area contributed by atoms with Crippen molar-refractivity contribution in [3.63, 3.8) is 0 Å². The Kier molecular flexibility index (Phi) is 6.91. The summed E-state index contributed by atoms with van der Waals surface area (Å²) < 4.78 is 48.6. The Hall–Kier alpha value is -3.35. The van der Waals surface area contributed by atoms with Gasteiger partial charge in [-0.3, -0.25) is 9.59 Å². The Morgan fingerprint density at radius 2 is 1.85 bits per heavy atom. The molecule has 2 heterocycles. The molecular formula is C22H25N3O8S. The number of methoxy groups -OCH3 is 1. The van der Waals surface area contributed by atoms with Crippen molar-refractivity contribution in [1.29, 1.82) is 0 Å². The minimum Gasteiger partial charge on any atom is -0.496 e. The van der Waals surface area contributed by atoms with E-state index in [1.807, 2.05) is 0 Å². The van der Waals surface area contributed by atoms with E-state index in [4.69, 9.17) is 18.9 Å². The summed E-state index contributed by atoms with van der Waals surface area (Å²) in [5.41, 5.74) is 1.41. The van der Waals surface area contributed by atoms with Crippen LogP contribution in [0, 0.1) is 6.92 Å². The summed E-state index contributed by atoms with van der Waals surface area (Å²) in [6, 6.07) is 9.75. The van der Waals surface area contributed by atoms with Crippen LogP contribution in [-0.4, -0.2) is 64.4 Å². The summed E-state index contributed by atoms with van der Waals surface area (Å²) >= 11 is 0. The molecule has 1 atom stereocenters. The van der Waals surface area contributed by atoms with E-state index in [0.717, 1.165) is 5.56 Å². The van der Waals surface area contributed by atoms with Crippen LogP contribution in [0.25, 0.3) is 0 Å². The van der Waals surface area contributed by atoms with Gasteiger partial charge in [-0.25, -0.2) is 8.42 Å². The third kappa shape index (κ3) is 4.93. The highest BCUT2D eigenvalue weighted by molar-refractivity contribution is 7.89. The van der Waals surface area contributed by atoms with E-state index in [2.05, 4.69) is 10.6 Å². The monoisotopic (exact) mass is 491 g/mol. The molecule has 1 fully saturated rings. The van der Waals surface area contributed by atoms with E-state index in [0.29, 0.717) is 22.8 Å². The fraction of sp³-hybridized carbons (Fsp3) is 0.364. The van der Waals surface area contributed by atoms with Gasteiger partial charge in [0.25, 0.3) is 0 Å². The second kappa shape index (κ2) is 9.87. The summed E-state index contributed by atoms with van der Waals surface area (Å²) in [7, 11) is -2.37.